The Balaban J connectivity index is 2.20. The lowest BCUT2D eigenvalue weighted by Crippen LogP contribution is -2.36. The van der Waals surface area contributed by atoms with Crippen LogP contribution in [-0.2, 0) is 0 Å². The van der Waals surface area contributed by atoms with Crippen molar-refractivity contribution in [2.24, 2.45) is 10.9 Å². The second kappa shape index (κ2) is 6.01. The number of carbonyl (C=O) groups is 1. The zero-order valence-corrected chi connectivity index (χ0v) is 11.1. The smallest absolute Gasteiger partial charge is 0.270 e. The third-order valence-electron chi connectivity index (χ3n) is 2.91. The lowest BCUT2D eigenvalue weighted by molar-refractivity contribution is 0.0938. The Labute approximate surface area is 116 Å². The minimum Gasteiger partial charge on any atom is -0.409 e. The first-order chi connectivity index (χ1) is 9.61. The molecule has 0 fully saturated rings. The van der Waals surface area contributed by atoms with Gasteiger partial charge in [0.2, 0.25) is 0 Å². The van der Waals surface area contributed by atoms with E-state index >= 15 is 0 Å². The predicted octanol–water partition coefficient (Wildman–Crippen LogP) is 1.49. The van der Waals surface area contributed by atoms with Crippen molar-refractivity contribution >= 4 is 22.5 Å². The Bertz CT molecular complexity index is 649. The number of nitrogens with zero attached hydrogens (tertiary/aromatic N) is 2. The fourth-order valence-electron chi connectivity index (χ4n) is 2.00. The number of hydrogen-bond donors (Lipinski definition) is 3. The molecule has 0 spiro atoms. The van der Waals surface area contributed by atoms with Crippen molar-refractivity contribution in [3.8, 4) is 0 Å². The van der Waals surface area contributed by atoms with Gasteiger partial charge in [-0.1, -0.05) is 29.4 Å². The zero-order valence-electron chi connectivity index (χ0n) is 11.1. The van der Waals surface area contributed by atoms with Gasteiger partial charge in [-0.3, -0.25) is 9.78 Å². The van der Waals surface area contributed by atoms with Crippen molar-refractivity contribution in [1.29, 1.82) is 0 Å². The number of nitrogens with two attached hydrogens (primary N) is 1. The summed E-state index contributed by atoms with van der Waals surface area (Å²) >= 11 is 0. The number of rotatable bonds is 4. The maximum absolute atomic E-state index is 12.2. The average molecular weight is 272 g/mol. The van der Waals surface area contributed by atoms with Gasteiger partial charge in [0.15, 0.2) is 0 Å². The van der Waals surface area contributed by atoms with E-state index in [1.54, 1.807) is 13.1 Å². The topological polar surface area (TPSA) is 101 Å². The largest absolute Gasteiger partial charge is 0.409 e. The fraction of sp³-hybridized carbons (Fsp3) is 0.214. The molecule has 0 saturated heterocycles. The molecule has 0 aliphatic heterocycles. The van der Waals surface area contributed by atoms with E-state index in [2.05, 4.69) is 15.5 Å². The standard InChI is InChI=1S/C14H16N4O2/c1-9(8-12(15)18-20)17-14(19)13-11-5-3-2-4-10(11)6-7-16-13/h2-7,9,20H,8H2,1H3,(H2,15,18)(H,17,19). The van der Waals surface area contributed by atoms with E-state index < -0.39 is 0 Å². The summed E-state index contributed by atoms with van der Waals surface area (Å²) in [6, 6.07) is 9.15. The normalized spacial score (nSPS) is 13.2. The van der Waals surface area contributed by atoms with E-state index in [4.69, 9.17) is 10.9 Å². The molecule has 1 aromatic heterocycles. The Morgan fingerprint density at radius 3 is 2.95 bits per heavy atom. The SMILES string of the molecule is CC(CC(N)=NO)NC(=O)c1nccc2ccccc12. The van der Waals surface area contributed by atoms with Crippen molar-refractivity contribution in [2.45, 2.75) is 19.4 Å². The second-order valence-corrected chi connectivity index (χ2v) is 4.55. The first-order valence-electron chi connectivity index (χ1n) is 6.23. The number of oxime groups is 1. The summed E-state index contributed by atoms with van der Waals surface area (Å²) in [7, 11) is 0. The molecule has 0 bridgehead atoms. The van der Waals surface area contributed by atoms with E-state index in [1.807, 2.05) is 30.3 Å². The number of hydrogen-bond acceptors (Lipinski definition) is 4. The van der Waals surface area contributed by atoms with Crippen LogP contribution in [0.15, 0.2) is 41.7 Å². The van der Waals surface area contributed by atoms with Gasteiger partial charge in [0.25, 0.3) is 5.91 Å². The molecule has 1 unspecified atom stereocenters. The van der Waals surface area contributed by atoms with E-state index in [0.29, 0.717) is 5.69 Å². The maximum Gasteiger partial charge on any atom is 0.270 e. The molecule has 104 valence electrons. The Hall–Kier alpha value is -2.63. The van der Waals surface area contributed by atoms with Crippen LogP contribution in [-0.4, -0.2) is 28.0 Å². The molecule has 0 radical (unpaired) electrons. The molecule has 2 rings (SSSR count). The highest BCUT2D eigenvalue weighted by molar-refractivity contribution is 6.05. The van der Waals surface area contributed by atoms with Gasteiger partial charge in [0.05, 0.1) is 0 Å². The molecule has 0 saturated carbocycles. The summed E-state index contributed by atoms with van der Waals surface area (Å²) in [6.07, 6.45) is 1.87. The quantitative estimate of drug-likeness (QED) is 0.340. The minimum absolute atomic E-state index is 0.0729. The van der Waals surface area contributed by atoms with Crippen molar-refractivity contribution < 1.29 is 10.0 Å². The summed E-state index contributed by atoms with van der Waals surface area (Å²) in [5, 5.41) is 15.9. The zero-order chi connectivity index (χ0) is 14.5. The summed E-state index contributed by atoms with van der Waals surface area (Å²) in [5.41, 5.74) is 5.78. The Morgan fingerprint density at radius 1 is 1.45 bits per heavy atom. The van der Waals surface area contributed by atoms with Gasteiger partial charge in [0.1, 0.15) is 11.5 Å². The van der Waals surface area contributed by atoms with Crippen molar-refractivity contribution in [1.82, 2.24) is 10.3 Å². The molecule has 1 aromatic carbocycles. The highest BCUT2D eigenvalue weighted by Gasteiger charge is 2.14. The van der Waals surface area contributed by atoms with E-state index in [-0.39, 0.29) is 24.2 Å². The maximum atomic E-state index is 12.2. The third kappa shape index (κ3) is 3.03. The Morgan fingerprint density at radius 2 is 2.20 bits per heavy atom. The number of pyridine rings is 1. The third-order valence-corrected chi connectivity index (χ3v) is 2.91. The molecule has 6 heteroatoms. The minimum atomic E-state index is -0.278. The van der Waals surface area contributed by atoms with Crippen LogP contribution in [0, 0.1) is 0 Å². The van der Waals surface area contributed by atoms with Crippen LogP contribution >= 0.6 is 0 Å². The molecule has 1 amide bonds. The highest BCUT2D eigenvalue weighted by atomic mass is 16.4. The first-order valence-corrected chi connectivity index (χ1v) is 6.23. The van der Waals surface area contributed by atoms with E-state index in [9.17, 15) is 4.79 Å². The van der Waals surface area contributed by atoms with Crippen molar-refractivity contribution in [3.05, 3.63) is 42.2 Å². The Kier molecular flexibility index (Phi) is 4.14. The van der Waals surface area contributed by atoms with E-state index in [0.717, 1.165) is 10.8 Å². The predicted molar refractivity (Wildman–Crippen MR) is 76.7 cm³/mol. The number of amidine groups is 1. The monoisotopic (exact) mass is 272 g/mol. The van der Waals surface area contributed by atoms with Crippen LogP contribution in [0.3, 0.4) is 0 Å². The molecular formula is C14H16N4O2. The average Bonchev–Trinajstić information content (AvgIpc) is 2.46. The summed E-state index contributed by atoms with van der Waals surface area (Å²) in [4.78, 5) is 16.4. The van der Waals surface area contributed by atoms with Crippen LogP contribution in [0.1, 0.15) is 23.8 Å². The van der Waals surface area contributed by atoms with Gasteiger partial charge in [-0.15, -0.1) is 0 Å². The second-order valence-electron chi connectivity index (χ2n) is 4.55. The first kappa shape index (κ1) is 13.8. The molecule has 4 N–H and O–H groups in total. The molecule has 20 heavy (non-hydrogen) atoms. The van der Waals surface area contributed by atoms with E-state index in [1.165, 1.54) is 0 Å². The summed E-state index contributed by atoms with van der Waals surface area (Å²) in [5.74, 6) is -0.205. The lowest BCUT2D eigenvalue weighted by Gasteiger charge is -2.13. The van der Waals surface area contributed by atoms with Gasteiger partial charge in [-0.25, -0.2) is 0 Å². The molecule has 1 atom stereocenters. The number of aromatic nitrogens is 1. The van der Waals surface area contributed by atoms with Crippen LogP contribution in [0.4, 0.5) is 0 Å². The summed E-state index contributed by atoms with van der Waals surface area (Å²) < 4.78 is 0. The van der Waals surface area contributed by atoms with Crippen LogP contribution in [0.5, 0.6) is 0 Å². The van der Waals surface area contributed by atoms with Gasteiger partial charge >= 0.3 is 0 Å². The van der Waals surface area contributed by atoms with Gasteiger partial charge in [-0.2, -0.15) is 0 Å². The number of nitrogens with one attached hydrogen (secondary N) is 1. The van der Waals surface area contributed by atoms with Gasteiger partial charge < -0.3 is 16.3 Å². The molecule has 6 nitrogen and oxygen atoms in total. The van der Waals surface area contributed by atoms with Gasteiger partial charge in [-0.05, 0) is 18.4 Å². The van der Waals surface area contributed by atoms with Crippen LogP contribution in [0.25, 0.3) is 10.8 Å². The van der Waals surface area contributed by atoms with Gasteiger partial charge in [0, 0.05) is 24.0 Å². The number of benzene rings is 1. The molecule has 2 aromatic rings. The van der Waals surface area contributed by atoms with Crippen molar-refractivity contribution in [3.63, 3.8) is 0 Å². The number of carbonyl (C=O) groups excluding carboxylic acids is 1. The lowest BCUT2D eigenvalue weighted by atomic mass is 10.1. The molecule has 1 heterocycles. The molecular weight excluding hydrogens is 256 g/mol. The van der Waals surface area contributed by atoms with Crippen LogP contribution in [0.2, 0.25) is 0 Å². The van der Waals surface area contributed by atoms with Crippen molar-refractivity contribution in [2.75, 3.05) is 0 Å². The van der Waals surface area contributed by atoms with Crippen LogP contribution < -0.4 is 11.1 Å². The highest BCUT2D eigenvalue weighted by Crippen LogP contribution is 2.16. The molecule has 0 aliphatic rings. The fourth-order valence-corrected chi connectivity index (χ4v) is 2.00. The number of fused-ring (bicyclic) bond motifs is 1. The molecule has 0 aliphatic carbocycles. The number of amides is 1. The summed E-state index contributed by atoms with van der Waals surface area (Å²) in [6.45, 7) is 1.78.